The minimum atomic E-state index is -0.122. The lowest BCUT2D eigenvalue weighted by Gasteiger charge is -2.28. The number of hydrogen-bond donors (Lipinski definition) is 1. The monoisotopic (exact) mass is 373 g/mol. The van der Waals surface area contributed by atoms with Crippen molar-refractivity contribution in [3.05, 3.63) is 35.0 Å². The number of fused-ring (bicyclic) bond motifs is 1. The number of benzene rings is 1. The maximum Gasteiger partial charge on any atom is 0.240 e. The molecule has 1 N–H and O–H groups in total. The van der Waals surface area contributed by atoms with Crippen LogP contribution in [0.25, 0.3) is 0 Å². The number of hydrogen-bond acceptors (Lipinski definition) is 6. The summed E-state index contributed by atoms with van der Waals surface area (Å²) < 4.78 is 16.0. The minimum absolute atomic E-state index is 0.115. The minimum Gasteiger partial charge on any atom is -0.493 e. The van der Waals surface area contributed by atoms with Crippen molar-refractivity contribution in [2.75, 3.05) is 32.6 Å². The number of carbonyl (C=O) groups is 1. The third kappa shape index (κ3) is 4.42. The van der Waals surface area contributed by atoms with Crippen molar-refractivity contribution in [1.29, 1.82) is 0 Å². The summed E-state index contributed by atoms with van der Waals surface area (Å²) >= 11 is 0. The van der Waals surface area contributed by atoms with Gasteiger partial charge in [-0.25, -0.2) is 0 Å². The molecule has 1 aliphatic rings. The van der Waals surface area contributed by atoms with Crippen molar-refractivity contribution < 1.29 is 18.8 Å². The summed E-state index contributed by atoms with van der Waals surface area (Å²) in [6, 6.07) is 5.79. The molecule has 0 saturated heterocycles. The molecular formula is C20H27N3O4. The number of amides is 1. The van der Waals surface area contributed by atoms with Crippen molar-refractivity contribution >= 4 is 11.8 Å². The Kier molecular flexibility index (Phi) is 5.41. The molecule has 0 radical (unpaired) electrons. The molecule has 0 saturated carbocycles. The number of methoxy groups -OCH3 is 2. The summed E-state index contributed by atoms with van der Waals surface area (Å²) in [5, 5.41) is 6.82. The second-order valence-corrected chi connectivity index (χ2v) is 7.81. The summed E-state index contributed by atoms with van der Waals surface area (Å²) in [6.07, 6.45) is 0.861. The molecule has 1 aliphatic heterocycles. The zero-order chi connectivity index (χ0) is 19.6. The maximum absolute atomic E-state index is 12.4. The van der Waals surface area contributed by atoms with Crippen LogP contribution < -0.4 is 14.8 Å². The van der Waals surface area contributed by atoms with Crippen molar-refractivity contribution in [2.45, 2.75) is 39.2 Å². The van der Waals surface area contributed by atoms with Gasteiger partial charge in [-0.2, -0.15) is 0 Å². The predicted octanol–water partition coefficient (Wildman–Crippen LogP) is 2.99. The van der Waals surface area contributed by atoms with Crippen molar-refractivity contribution in [3.8, 4) is 11.5 Å². The smallest absolute Gasteiger partial charge is 0.240 e. The molecule has 7 heteroatoms. The fourth-order valence-corrected chi connectivity index (χ4v) is 3.14. The predicted molar refractivity (Wildman–Crippen MR) is 102 cm³/mol. The van der Waals surface area contributed by atoms with Gasteiger partial charge in [0.15, 0.2) is 11.5 Å². The van der Waals surface area contributed by atoms with Gasteiger partial charge in [0, 0.05) is 24.6 Å². The summed E-state index contributed by atoms with van der Waals surface area (Å²) in [7, 11) is 3.26. The second kappa shape index (κ2) is 7.60. The van der Waals surface area contributed by atoms with Crippen LogP contribution in [0.1, 0.15) is 37.6 Å². The number of carbonyl (C=O) groups excluding carboxylic acids is 1. The Bertz CT molecular complexity index is 823. The lowest BCUT2D eigenvalue weighted by molar-refractivity contribution is -0.117. The van der Waals surface area contributed by atoms with Gasteiger partial charge in [0.05, 0.1) is 26.5 Å². The molecule has 146 valence electrons. The van der Waals surface area contributed by atoms with Crippen molar-refractivity contribution in [1.82, 2.24) is 10.1 Å². The molecule has 0 bridgehead atoms. The van der Waals surface area contributed by atoms with Gasteiger partial charge in [0.1, 0.15) is 0 Å². The molecule has 7 nitrogen and oxygen atoms in total. The highest BCUT2D eigenvalue weighted by Crippen LogP contribution is 2.33. The quantitative estimate of drug-likeness (QED) is 0.868. The van der Waals surface area contributed by atoms with Gasteiger partial charge in [-0.3, -0.25) is 15.0 Å². The third-order valence-corrected chi connectivity index (χ3v) is 4.71. The first-order valence-corrected chi connectivity index (χ1v) is 9.03. The Labute approximate surface area is 159 Å². The summed E-state index contributed by atoms with van der Waals surface area (Å²) in [5.74, 6) is 1.71. The van der Waals surface area contributed by atoms with Crippen LogP contribution in [0.5, 0.6) is 11.5 Å². The number of rotatable bonds is 5. The van der Waals surface area contributed by atoms with Crippen LogP contribution in [-0.2, 0) is 23.2 Å². The van der Waals surface area contributed by atoms with E-state index in [9.17, 15) is 4.79 Å². The van der Waals surface area contributed by atoms with E-state index in [1.54, 1.807) is 20.3 Å². The number of aromatic nitrogens is 1. The maximum atomic E-state index is 12.4. The molecule has 3 rings (SSSR count). The first-order valence-electron chi connectivity index (χ1n) is 9.03. The highest BCUT2D eigenvalue weighted by molar-refractivity contribution is 5.91. The lowest BCUT2D eigenvalue weighted by atomic mass is 9.92. The average molecular weight is 373 g/mol. The van der Waals surface area contributed by atoms with Crippen LogP contribution in [0.3, 0.4) is 0 Å². The first-order chi connectivity index (χ1) is 12.8. The first kappa shape index (κ1) is 19.2. The zero-order valence-electron chi connectivity index (χ0n) is 16.6. The molecule has 2 aromatic rings. The van der Waals surface area contributed by atoms with Crippen LogP contribution in [0.2, 0.25) is 0 Å². The van der Waals surface area contributed by atoms with E-state index in [1.807, 2.05) is 32.9 Å². The molecule has 0 spiro atoms. The van der Waals surface area contributed by atoms with Crippen LogP contribution >= 0.6 is 0 Å². The summed E-state index contributed by atoms with van der Waals surface area (Å²) in [5.41, 5.74) is 3.07. The average Bonchev–Trinajstić information content (AvgIpc) is 3.09. The van der Waals surface area contributed by atoms with Crippen LogP contribution in [0.4, 0.5) is 5.88 Å². The molecule has 27 heavy (non-hydrogen) atoms. The van der Waals surface area contributed by atoms with Gasteiger partial charge in [0.25, 0.3) is 0 Å². The largest absolute Gasteiger partial charge is 0.493 e. The standard InChI is InChI=1S/C20H27N3O4/c1-20(2,3)17-10-19(27-22-17)21-18(24)12-23-7-6-13-8-15(25-4)16(26-5)9-14(13)11-23/h8-10H,6-7,11-12H2,1-5H3,(H,21,24). The van der Waals surface area contributed by atoms with Crippen LogP contribution in [0.15, 0.2) is 22.7 Å². The highest BCUT2D eigenvalue weighted by atomic mass is 16.5. The Hall–Kier alpha value is -2.54. The van der Waals surface area contributed by atoms with E-state index in [-0.39, 0.29) is 11.3 Å². The SMILES string of the molecule is COc1cc2c(cc1OC)CN(CC(=O)Nc1cc(C(C)(C)C)no1)CC2. The number of nitrogens with one attached hydrogen (secondary N) is 1. The number of nitrogens with zero attached hydrogens (tertiary/aromatic N) is 2. The zero-order valence-corrected chi connectivity index (χ0v) is 16.6. The van der Waals surface area contributed by atoms with E-state index in [2.05, 4.69) is 15.4 Å². The van der Waals surface area contributed by atoms with Gasteiger partial charge in [-0.1, -0.05) is 25.9 Å². The molecule has 0 unspecified atom stereocenters. The van der Waals surface area contributed by atoms with Gasteiger partial charge in [0.2, 0.25) is 11.8 Å². The molecule has 0 fully saturated rings. The molecule has 1 aromatic carbocycles. The summed E-state index contributed by atoms with van der Waals surface area (Å²) in [6.45, 7) is 7.92. The van der Waals surface area contributed by atoms with E-state index < -0.39 is 0 Å². The van der Waals surface area contributed by atoms with E-state index in [4.69, 9.17) is 14.0 Å². The molecule has 1 aromatic heterocycles. The molecular weight excluding hydrogens is 346 g/mol. The molecule has 0 aliphatic carbocycles. The van der Waals surface area contributed by atoms with Gasteiger partial charge >= 0.3 is 0 Å². The fourth-order valence-electron chi connectivity index (χ4n) is 3.14. The Morgan fingerprint density at radius 1 is 1.19 bits per heavy atom. The van der Waals surface area contributed by atoms with E-state index in [0.717, 1.165) is 30.0 Å². The van der Waals surface area contributed by atoms with Gasteiger partial charge < -0.3 is 14.0 Å². The normalized spacial score (nSPS) is 14.6. The van der Waals surface area contributed by atoms with Crippen LogP contribution in [0, 0.1) is 0 Å². The van der Waals surface area contributed by atoms with E-state index in [0.29, 0.717) is 24.7 Å². The Balaban J connectivity index is 1.62. The van der Waals surface area contributed by atoms with Crippen molar-refractivity contribution in [2.24, 2.45) is 0 Å². The summed E-state index contributed by atoms with van der Waals surface area (Å²) in [4.78, 5) is 14.5. The molecule has 0 atom stereocenters. The molecule has 2 heterocycles. The highest BCUT2D eigenvalue weighted by Gasteiger charge is 2.23. The van der Waals surface area contributed by atoms with E-state index in [1.165, 1.54) is 5.56 Å². The van der Waals surface area contributed by atoms with Gasteiger partial charge in [-0.15, -0.1) is 0 Å². The van der Waals surface area contributed by atoms with Gasteiger partial charge in [-0.05, 0) is 29.7 Å². The fraction of sp³-hybridized carbons (Fsp3) is 0.500. The Morgan fingerprint density at radius 3 is 2.44 bits per heavy atom. The third-order valence-electron chi connectivity index (χ3n) is 4.71. The Morgan fingerprint density at radius 2 is 1.85 bits per heavy atom. The topological polar surface area (TPSA) is 76.8 Å². The lowest BCUT2D eigenvalue weighted by Crippen LogP contribution is -2.37. The second-order valence-electron chi connectivity index (χ2n) is 7.81. The van der Waals surface area contributed by atoms with Crippen molar-refractivity contribution in [3.63, 3.8) is 0 Å². The number of anilines is 1. The van der Waals surface area contributed by atoms with Crippen LogP contribution in [-0.4, -0.2) is 43.3 Å². The van der Waals surface area contributed by atoms with E-state index >= 15 is 0 Å². The number of ether oxygens (including phenoxy) is 2. The molecule has 1 amide bonds.